The van der Waals surface area contributed by atoms with E-state index in [4.69, 9.17) is 10.5 Å². The Morgan fingerprint density at radius 1 is 1.26 bits per heavy atom. The van der Waals surface area contributed by atoms with Gasteiger partial charge in [-0.3, -0.25) is 9.69 Å². The van der Waals surface area contributed by atoms with Gasteiger partial charge >= 0.3 is 6.09 Å². The number of pyridine rings is 2. The number of halogens is 1. The Labute approximate surface area is 177 Å². The zero-order chi connectivity index (χ0) is 21.9. The number of hydrogen-bond donors (Lipinski definition) is 1. The minimum Gasteiger partial charge on any atom is -0.423 e. The van der Waals surface area contributed by atoms with E-state index >= 15 is 0 Å². The summed E-state index contributed by atoms with van der Waals surface area (Å²) < 4.78 is 18.7. The highest BCUT2D eigenvalue weighted by atomic mass is 19.1. The summed E-state index contributed by atoms with van der Waals surface area (Å²) in [5.41, 5.74) is 7.28. The van der Waals surface area contributed by atoms with Gasteiger partial charge in [0.2, 0.25) is 0 Å². The zero-order valence-electron chi connectivity index (χ0n) is 17.0. The first kappa shape index (κ1) is 19.2. The minimum absolute atomic E-state index is 0.0779. The van der Waals surface area contributed by atoms with Gasteiger partial charge in [0.15, 0.2) is 5.72 Å². The summed E-state index contributed by atoms with van der Waals surface area (Å²) in [5.74, 6) is -0.381. The van der Waals surface area contributed by atoms with Crippen molar-refractivity contribution in [3.05, 3.63) is 54.0 Å². The predicted molar refractivity (Wildman–Crippen MR) is 111 cm³/mol. The maximum atomic E-state index is 13.6. The third-order valence-electron chi connectivity index (χ3n) is 5.74. The van der Waals surface area contributed by atoms with Gasteiger partial charge in [0, 0.05) is 30.2 Å². The lowest BCUT2D eigenvalue weighted by Gasteiger charge is -2.55. The molecule has 2 amide bonds. The summed E-state index contributed by atoms with van der Waals surface area (Å²) in [4.78, 5) is 36.8. The van der Waals surface area contributed by atoms with Crippen molar-refractivity contribution in [1.82, 2.24) is 19.8 Å². The van der Waals surface area contributed by atoms with Crippen LogP contribution in [-0.4, -0.2) is 56.6 Å². The molecule has 0 bridgehead atoms. The van der Waals surface area contributed by atoms with Gasteiger partial charge in [-0.25, -0.2) is 19.2 Å². The number of carbonyl (C=O) groups excluding carboxylic acids is 2. The second-order valence-electron chi connectivity index (χ2n) is 8.21. The highest BCUT2D eigenvalue weighted by Gasteiger charge is 2.53. The van der Waals surface area contributed by atoms with E-state index in [2.05, 4.69) is 9.97 Å². The normalized spacial score (nSPS) is 17.8. The van der Waals surface area contributed by atoms with Crippen molar-refractivity contribution in [3.8, 4) is 11.3 Å². The van der Waals surface area contributed by atoms with Crippen LogP contribution in [0.3, 0.4) is 0 Å². The third kappa shape index (κ3) is 3.04. The SMILES string of the molecule is CC1(C)OC(=O)N1C1CN(C(=O)c2cnc(N)c3nc(-c4cccc(F)c4)ccc23)C1. The second kappa shape index (κ2) is 6.63. The van der Waals surface area contributed by atoms with Crippen molar-refractivity contribution in [2.45, 2.75) is 25.6 Å². The summed E-state index contributed by atoms with van der Waals surface area (Å²) in [7, 11) is 0. The first-order valence-electron chi connectivity index (χ1n) is 9.87. The molecule has 2 saturated heterocycles. The molecule has 31 heavy (non-hydrogen) atoms. The molecule has 1 aromatic carbocycles. The van der Waals surface area contributed by atoms with Gasteiger partial charge < -0.3 is 15.4 Å². The number of nitrogens with zero attached hydrogens (tertiary/aromatic N) is 4. The molecule has 0 atom stereocenters. The maximum Gasteiger partial charge on any atom is 0.415 e. The molecule has 8 nitrogen and oxygen atoms in total. The third-order valence-corrected chi connectivity index (χ3v) is 5.74. The van der Waals surface area contributed by atoms with E-state index in [1.54, 1.807) is 34.1 Å². The van der Waals surface area contributed by atoms with Gasteiger partial charge in [-0.15, -0.1) is 0 Å². The van der Waals surface area contributed by atoms with Crippen LogP contribution in [0.15, 0.2) is 42.6 Å². The van der Waals surface area contributed by atoms with Crippen LogP contribution < -0.4 is 5.73 Å². The van der Waals surface area contributed by atoms with Gasteiger partial charge in [-0.2, -0.15) is 0 Å². The Balaban J connectivity index is 1.42. The molecule has 5 rings (SSSR count). The number of rotatable bonds is 3. The van der Waals surface area contributed by atoms with E-state index < -0.39 is 5.72 Å². The molecule has 0 radical (unpaired) electrons. The van der Waals surface area contributed by atoms with Crippen LogP contribution in [0.1, 0.15) is 24.2 Å². The summed E-state index contributed by atoms with van der Waals surface area (Å²) >= 11 is 0. The van der Waals surface area contributed by atoms with Crippen LogP contribution in [0.25, 0.3) is 22.2 Å². The molecular weight excluding hydrogens is 401 g/mol. The molecule has 0 aliphatic carbocycles. The van der Waals surface area contributed by atoms with Gasteiger partial charge in [-0.05, 0) is 38.1 Å². The number of carbonyl (C=O) groups is 2. The van der Waals surface area contributed by atoms with E-state index in [1.165, 1.54) is 18.3 Å². The number of amides is 2. The van der Waals surface area contributed by atoms with Crippen LogP contribution in [0.4, 0.5) is 15.0 Å². The molecule has 9 heteroatoms. The maximum absolute atomic E-state index is 13.6. The Morgan fingerprint density at radius 2 is 2.03 bits per heavy atom. The Morgan fingerprint density at radius 3 is 2.71 bits per heavy atom. The molecule has 2 aliphatic heterocycles. The van der Waals surface area contributed by atoms with Crippen LogP contribution in [0.5, 0.6) is 0 Å². The Hall–Kier alpha value is -3.75. The standard InChI is InChI=1S/C22H20FN5O3/c1-22(2)28(21(30)31-22)14-10-27(11-14)20(29)16-9-25-19(24)18-15(16)6-7-17(26-18)12-4-3-5-13(23)8-12/h3-9,14H,10-11H2,1-2H3,(H2,24,25). The number of likely N-dealkylation sites (tertiary alicyclic amines) is 1. The number of ether oxygens (including phenoxy) is 1. The summed E-state index contributed by atoms with van der Waals surface area (Å²) in [5, 5.41) is 0.574. The lowest BCUT2D eigenvalue weighted by molar-refractivity contribution is -0.193. The van der Waals surface area contributed by atoms with E-state index in [1.807, 2.05) is 13.8 Å². The molecule has 2 aliphatic rings. The molecule has 0 spiro atoms. The van der Waals surface area contributed by atoms with E-state index in [9.17, 15) is 14.0 Å². The highest BCUT2D eigenvalue weighted by Crippen LogP contribution is 2.35. The van der Waals surface area contributed by atoms with Crippen molar-refractivity contribution in [3.63, 3.8) is 0 Å². The summed E-state index contributed by atoms with van der Waals surface area (Å²) in [6, 6.07) is 9.50. The van der Waals surface area contributed by atoms with Crippen molar-refractivity contribution in [1.29, 1.82) is 0 Å². The highest BCUT2D eigenvalue weighted by molar-refractivity contribution is 6.08. The van der Waals surface area contributed by atoms with Crippen molar-refractivity contribution < 1.29 is 18.7 Å². The monoisotopic (exact) mass is 421 g/mol. The average Bonchev–Trinajstić information content (AvgIpc) is 2.69. The van der Waals surface area contributed by atoms with E-state index in [0.29, 0.717) is 40.8 Å². The average molecular weight is 421 g/mol. The van der Waals surface area contributed by atoms with Crippen molar-refractivity contribution in [2.24, 2.45) is 0 Å². The second-order valence-corrected chi connectivity index (χ2v) is 8.21. The topological polar surface area (TPSA) is 102 Å². The summed E-state index contributed by atoms with van der Waals surface area (Å²) in [6.45, 7) is 4.46. The number of aromatic nitrogens is 2. The van der Waals surface area contributed by atoms with Crippen molar-refractivity contribution in [2.75, 3.05) is 18.8 Å². The molecule has 4 heterocycles. The van der Waals surface area contributed by atoms with Crippen LogP contribution >= 0.6 is 0 Å². The fraction of sp³-hybridized carbons (Fsp3) is 0.273. The number of cyclic esters (lactones) is 1. The van der Waals surface area contributed by atoms with E-state index in [-0.39, 0.29) is 29.7 Å². The number of nitrogens with two attached hydrogens (primary N) is 1. The number of benzene rings is 1. The minimum atomic E-state index is -0.649. The molecular formula is C22H20FN5O3. The number of fused-ring (bicyclic) bond motifs is 1. The molecule has 2 aromatic heterocycles. The largest absolute Gasteiger partial charge is 0.423 e. The molecule has 2 N–H and O–H groups in total. The molecule has 0 saturated carbocycles. The Kier molecular flexibility index (Phi) is 4.11. The molecule has 158 valence electrons. The van der Waals surface area contributed by atoms with Crippen LogP contribution in [0, 0.1) is 5.82 Å². The quantitative estimate of drug-likeness (QED) is 0.698. The van der Waals surface area contributed by atoms with Crippen LogP contribution in [0.2, 0.25) is 0 Å². The fourth-order valence-electron chi connectivity index (χ4n) is 4.15. The number of anilines is 1. The number of nitrogen functional groups attached to an aromatic ring is 1. The van der Waals surface area contributed by atoms with Gasteiger partial charge in [-0.1, -0.05) is 12.1 Å². The molecule has 2 fully saturated rings. The first-order valence-corrected chi connectivity index (χ1v) is 9.87. The Bertz CT molecular complexity index is 1240. The molecule has 3 aromatic rings. The number of hydrogen-bond acceptors (Lipinski definition) is 6. The zero-order valence-corrected chi connectivity index (χ0v) is 17.0. The smallest absolute Gasteiger partial charge is 0.415 e. The van der Waals surface area contributed by atoms with Gasteiger partial charge in [0.1, 0.15) is 17.2 Å². The first-order chi connectivity index (χ1) is 14.7. The fourth-order valence-corrected chi connectivity index (χ4v) is 4.15. The van der Waals surface area contributed by atoms with Crippen LogP contribution in [-0.2, 0) is 4.74 Å². The summed E-state index contributed by atoms with van der Waals surface area (Å²) in [6.07, 6.45) is 1.08. The van der Waals surface area contributed by atoms with Gasteiger partial charge in [0.05, 0.1) is 17.3 Å². The molecule has 0 unspecified atom stereocenters. The van der Waals surface area contributed by atoms with Crippen molar-refractivity contribution >= 4 is 28.7 Å². The predicted octanol–water partition coefficient (Wildman–Crippen LogP) is 3.03. The van der Waals surface area contributed by atoms with Gasteiger partial charge in [0.25, 0.3) is 5.91 Å². The van der Waals surface area contributed by atoms with E-state index in [0.717, 1.165) is 0 Å². The lowest BCUT2D eigenvalue weighted by Crippen LogP contribution is -2.73. The lowest BCUT2D eigenvalue weighted by atomic mass is 10.00.